The Balaban J connectivity index is 1.33. The average molecular weight is 663 g/mol. The lowest BCUT2D eigenvalue weighted by Crippen LogP contribution is -2.52. The first-order valence-electron chi connectivity index (χ1n) is 15.7. The highest BCUT2D eigenvalue weighted by Gasteiger charge is 2.38. The first-order chi connectivity index (χ1) is 22.4. The number of thiophene rings is 1. The van der Waals surface area contributed by atoms with E-state index in [-0.39, 0.29) is 56.7 Å². The largest absolute Gasteiger partial charge is 0.444 e. The Kier molecular flexibility index (Phi) is 7.99. The van der Waals surface area contributed by atoms with Crippen molar-refractivity contribution in [2.45, 2.75) is 65.0 Å². The minimum atomic E-state index is -0.795. The van der Waals surface area contributed by atoms with Gasteiger partial charge in [-0.3, -0.25) is 15.2 Å². The van der Waals surface area contributed by atoms with E-state index < -0.39 is 23.3 Å². The fourth-order valence-electron chi connectivity index (χ4n) is 6.99. The summed E-state index contributed by atoms with van der Waals surface area (Å²) in [6.45, 7) is 12.4. The molecule has 1 aromatic carbocycles. The van der Waals surface area contributed by atoms with Gasteiger partial charge in [-0.15, -0.1) is 11.3 Å². The predicted octanol–water partition coefficient (Wildman–Crippen LogP) is 5.65. The molecule has 4 aromatic rings. The zero-order valence-electron chi connectivity index (χ0n) is 27.0. The zero-order chi connectivity index (χ0) is 33.2. The van der Waals surface area contributed by atoms with Gasteiger partial charge in [-0.2, -0.15) is 5.26 Å². The second-order valence-electron chi connectivity index (χ2n) is 13.4. The third-order valence-corrected chi connectivity index (χ3v) is 10.4. The topological polar surface area (TPSA) is 120 Å². The summed E-state index contributed by atoms with van der Waals surface area (Å²) in [5.74, 6) is -0.897. The van der Waals surface area contributed by atoms with Crippen LogP contribution in [0.3, 0.4) is 0 Å². The molecule has 11 nitrogen and oxygen atoms in total. The summed E-state index contributed by atoms with van der Waals surface area (Å²) in [6, 6.07) is 2.55. The quantitative estimate of drug-likeness (QED) is 0.294. The van der Waals surface area contributed by atoms with E-state index in [1.54, 1.807) is 27.0 Å². The molecule has 0 bridgehead atoms. The Hall–Kier alpha value is -4.03. The predicted molar refractivity (Wildman–Crippen MR) is 175 cm³/mol. The number of rotatable bonds is 4. The van der Waals surface area contributed by atoms with Crippen LogP contribution in [0.1, 0.15) is 50.8 Å². The van der Waals surface area contributed by atoms with Crippen molar-refractivity contribution in [2.75, 3.05) is 50.0 Å². The number of nitriles is 1. The molecular formula is C33H36F2N8O3S. The summed E-state index contributed by atoms with van der Waals surface area (Å²) in [5.41, 5.74) is 0.749. The first-order valence-corrected chi connectivity index (χ1v) is 16.5. The van der Waals surface area contributed by atoms with Gasteiger partial charge in [0.1, 0.15) is 22.2 Å². The van der Waals surface area contributed by atoms with Gasteiger partial charge in [0.25, 0.3) is 0 Å². The fraction of sp³-hybridized carbons (Fsp3) is 0.485. The third kappa shape index (κ3) is 5.54. The Labute approximate surface area is 275 Å². The first kappa shape index (κ1) is 31.6. The number of carbonyl (C=O) groups is 1. The molecule has 2 atom stereocenters. The van der Waals surface area contributed by atoms with E-state index >= 15 is 8.78 Å². The molecular weight excluding hydrogens is 626 g/mol. The highest BCUT2D eigenvalue weighted by molar-refractivity contribution is 7.23. The van der Waals surface area contributed by atoms with Gasteiger partial charge < -0.3 is 19.3 Å². The Morgan fingerprint density at radius 3 is 2.60 bits per heavy atom. The molecule has 14 heteroatoms. The van der Waals surface area contributed by atoms with Gasteiger partial charge in [0.15, 0.2) is 11.6 Å². The minimum absolute atomic E-state index is 0.0331. The van der Waals surface area contributed by atoms with Gasteiger partial charge >= 0.3 is 6.09 Å². The summed E-state index contributed by atoms with van der Waals surface area (Å²) in [5, 5.41) is 13.5. The van der Waals surface area contributed by atoms with E-state index in [0.717, 1.165) is 62.2 Å². The van der Waals surface area contributed by atoms with Crippen molar-refractivity contribution in [1.29, 1.82) is 5.26 Å². The highest BCUT2D eigenvalue weighted by Crippen LogP contribution is 2.46. The Morgan fingerprint density at radius 1 is 1.13 bits per heavy atom. The van der Waals surface area contributed by atoms with E-state index in [4.69, 9.17) is 19.4 Å². The number of hydrogen-bond acceptors (Lipinski definition) is 11. The van der Waals surface area contributed by atoms with Gasteiger partial charge in [-0.1, -0.05) is 0 Å². The SMILES string of the molecule is C[C@H]1[C@H](N2CCN(C)CC2)CCN1c1ncc2c3c(c(-c4ncc(F)c5sc(NC(=O)OC(C)(C)C)c(C#N)c45)c(F)c2n1)COC3. The number of likely N-dealkylation sites (N-methyl/N-ethyl adjacent to an activating group) is 1. The van der Waals surface area contributed by atoms with Crippen molar-refractivity contribution in [2.24, 2.45) is 0 Å². The number of carbonyl (C=O) groups excluding carboxylic acids is 1. The number of pyridine rings is 1. The monoisotopic (exact) mass is 662 g/mol. The lowest BCUT2D eigenvalue weighted by molar-refractivity contribution is 0.0636. The minimum Gasteiger partial charge on any atom is -0.444 e. The van der Waals surface area contributed by atoms with Crippen LogP contribution in [0.25, 0.3) is 32.2 Å². The Morgan fingerprint density at radius 2 is 1.87 bits per heavy atom. The van der Waals surface area contributed by atoms with Crippen molar-refractivity contribution in [1.82, 2.24) is 24.8 Å². The van der Waals surface area contributed by atoms with Gasteiger partial charge in [-0.25, -0.2) is 23.5 Å². The summed E-state index contributed by atoms with van der Waals surface area (Å²) >= 11 is 0.870. The molecule has 6 heterocycles. The number of anilines is 2. The third-order valence-electron chi connectivity index (χ3n) is 9.30. The number of ether oxygens (including phenoxy) is 2. The number of benzene rings is 1. The van der Waals surface area contributed by atoms with Crippen molar-refractivity contribution < 1.29 is 23.0 Å². The molecule has 3 aliphatic heterocycles. The zero-order valence-corrected chi connectivity index (χ0v) is 27.8. The second-order valence-corrected chi connectivity index (χ2v) is 14.4. The van der Waals surface area contributed by atoms with Gasteiger partial charge in [-0.05, 0) is 52.3 Å². The van der Waals surface area contributed by atoms with Crippen LogP contribution in [-0.2, 0) is 22.7 Å². The van der Waals surface area contributed by atoms with Crippen molar-refractivity contribution in [3.63, 3.8) is 0 Å². The number of piperazine rings is 1. The fourth-order valence-corrected chi connectivity index (χ4v) is 8.03. The second kappa shape index (κ2) is 11.9. The molecule has 0 unspecified atom stereocenters. The van der Waals surface area contributed by atoms with E-state index in [0.29, 0.717) is 22.9 Å². The van der Waals surface area contributed by atoms with Gasteiger partial charge in [0, 0.05) is 67.3 Å². The van der Waals surface area contributed by atoms with Crippen LogP contribution >= 0.6 is 11.3 Å². The van der Waals surface area contributed by atoms with E-state index in [1.165, 1.54) is 0 Å². The highest BCUT2D eigenvalue weighted by atomic mass is 32.1. The number of amides is 1. The number of fused-ring (bicyclic) bond motifs is 4. The number of nitrogens with one attached hydrogen (secondary N) is 1. The number of nitrogens with zero attached hydrogens (tertiary/aromatic N) is 7. The van der Waals surface area contributed by atoms with Crippen LogP contribution in [0.2, 0.25) is 0 Å². The van der Waals surface area contributed by atoms with Crippen LogP contribution in [0.4, 0.5) is 24.5 Å². The lowest BCUT2D eigenvalue weighted by Gasteiger charge is -2.38. The van der Waals surface area contributed by atoms with E-state index in [2.05, 4.69) is 45.0 Å². The molecule has 3 aromatic heterocycles. The van der Waals surface area contributed by atoms with Crippen molar-refractivity contribution in [3.8, 4) is 17.3 Å². The lowest BCUT2D eigenvalue weighted by atomic mass is 9.94. The molecule has 3 aliphatic rings. The number of aromatic nitrogens is 3. The van der Waals surface area contributed by atoms with Crippen LogP contribution < -0.4 is 10.2 Å². The maximum absolute atomic E-state index is 17.0. The number of halogens is 2. The molecule has 0 aliphatic carbocycles. The summed E-state index contributed by atoms with van der Waals surface area (Å²) < 4.78 is 43.4. The van der Waals surface area contributed by atoms with Crippen LogP contribution in [0, 0.1) is 23.0 Å². The summed E-state index contributed by atoms with van der Waals surface area (Å²) in [4.78, 5) is 33.5. The molecule has 246 valence electrons. The summed E-state index contributed by atoms with van der Waals surface area (Å²) in [6.07, 6.45) is 2.84. The summed E-state index contributed by atoms with van der Waals surface area (Å²) in [7, 11) is 2.14. The standard InChI is InChI=1S/C33H36F2N8O3S/c1-17-23(42-10-8-41(5)9-11-42)6-7-43(17)31-38-13-19-20-15-45-16-21(20)24(26(35)27(19)39-31)28-25-18(12-36)30(40-32(44)46-33(2,3)4)47-29(25)22(34)14-37-28/h13-14,17,23H,6-11,15-16H2,1-5H3,(H,40,44)/t17-,23+/m0/s1. The molecule has 2 saturated heterocycles. The molecule has 47 heavy (non-hydrogen) atoms. The normalized spacial score (nSPS) is 20.6. The molecule has 7 rings (SSSR count). The molecule has 0 spiro atoms. The van der Waals surface area contributed by atoms with Crippen molar-refractivity contribution in [3.05, 3.63) is 40.7 Å². The van der Waals surface area contributed by atoms with Crippen LogP contribution in [0.15, 0.2) is 12.4 Å². The maximum atomic E-state index is 17.0. The van der Waals surface area contributed by atoms with Gasteiger partial charge in [0.05, 0.1) is 35.4 Å². The number of hydrogen-bond donors (Lipinski definition) is 1. The average Bonchev–Trinajstić information content (AvgIpc) is 3.75. The molecule has 0 saturated carbocycles. The van der Waals surface area contributed by atoms with Crippen LogP contribution in [0.5, 0.6) is 0 Å². The molecule has 1 N–H and O–H groups in total. The van der Waals surface area contributed by atoms with E-state index in [9.17, 15) is 10.1 Å². The van der Waals surface area contributed by atoms with Gasteiger partial charge in [0.2, 0.25) is 5.95 Å². The van der Waals surface area contributed by atoms with Crippen molar-refractivity contribution >= 4 is 49.4 Å². The molecule has 0 radical (unpaired) electrons. The smallest absolute Gasteiger partial charge is 0.412 e. The van der Waals surface area contributed by atoms with E-state index in [1.807, 2.05) is 0 Å². The Bertz CT molecular complexity index is 1950. The van der Waals surface area contributed by atoms with Crippen LogP contribution in [-0.4, -0.2) is 88.3 Å². The molecule has 1 amide bonds. The maximum Gasteiger partial charge on any atom is 0.412 e. The molecule has 2 fully saturated rings.